The molecule has 4 aromatic rings. The van der Waals surface area contributed by atoms with E-state index in [0.717, 1.165) is 33.9 Å². The van der Waals surface area contributed by atoms with Gasteiger partial charge in [0.05, 0.1) is 35.7 Å². The zero-order chi connectivity index (χ0) is 20.5. The number of benzene rings is 1. The lowest BCUT2D eigenvalue weighted by atomic mass is 10.3. The average Bonchev–Trinajstić information content (AvgIpc) is 3.31. The first-order valence-electron chi connectivity index (χ1n) is 9.51. The number of nitrogens with zero attached hydrogens (tertiary/aromatic N) is 6. The van der Waals surface area contributed by atoms with Crippen LogP contribution in [0, 0.1) is 6.92 Å². The lowest BCUT2D eigenvalue weighted by Crippen LogP contribution is -2.41. The van der Waals surface area contributed by atoms with E-state index in [4.69, 9.17) is 4.74 Å². The van der Waals surface area contributed by atoms with Crippen LogP contribution in [-0.4, -0.2) is 68.5 Å². The van der Waals surface area contributed by atoms with Gasteiger partial charge in [0.2, 0.25) is 11.1 Å². The van der Waals surface area contributed by atoms with Crippen molar-refractivity contribution < 1.29 is 9.53 Å². The van der Waals surface area contributed by atoms with Crippen molar-refractivity contribution in [2.45, 2.75) is 17.0 Å². The second kappa shape index (κ2) is 8.26. The number of rotatable bonds is 5. The molecule has 1 saturated heterocycles. The summed E-state index contributed by atoms with van der Waals surface area (Å²) in [5, 5.41) is 17.1. The normalized spacial score (nSPS) is 15.1. The number of carbonyl (C=O) groups is 1. The first-order chi connectivity index (χ1) is 14.6. The van der Waals surface area contributed by atoms with Gasteiger partial charge >= 0.3 is 0 Å². The molecule has 1 amide bonds. The van der Waals surface area contributed by atoms with Crippen molar-refractivity contribution in [1.82, 2.24) is 29.7 Å². The largest absolute Gasteiger partial charge is 0.379 e. The summed E-state index contributed by atoms with van der Waals surface area (Å²) in [6.45, 7) is 5.19. The van der Waals surface area contributed by atoms with Crippen molar-refractivity contribution in [2.24, 2.45) is 0 Å². The minimum absolute atomic E-state index is 0.0538. The van der Waals surface area contributed by atoms with Gasteiger partial charge in [-0.05, 0) is 49.0 Å². The number of ether oxygens (including phenoxy) is 1. The third-order valence-corrected chi connectivity index (χ3v) is 6.51. The minimum Gasteiger partial charge on any atom is -0.379 e. The van der Waals surface area contributed by atoms with Gasteiger partial charge in [-0.25, -0.2) is 4.98 Å². The van der Waals surface area contributed by atoms with Crippen LogP contribution < -0.4 is 5.32 Å². The van der Waals surface area contributed by atoms with Gasteiger partial charge in [-0.2, -0.15) is 9.61 Å². The quantitative estimate of drug-likeness (QED) is 0.504. The fourth-order valence-electron chi connectivity index (χ4n) is 3.17. The van der Waals surface area contributed by atoms with Gasteiger partial charge in [-0.3, -0.25) is 9.69 Å². The SMILES string of the molecule is Cc1ccc2nnc(Sc3ccc4nc(NC(=O)CN5CCOCC5)sc4c3)n2n1. The van der Waals surface area contributed by atoms with Crippen LogP contribution in [0.4, 0.5) is 5.13 Å². The van der Waals surface area contributed by atoms with E-state index in [1.807, 2.05) is 37.3 Å². The van der Waals surface area contributed by atoms with E-state index < -0.39 is 0 Å². The van der Waals surface area contributed by atoms with Crippen molar-refractivity contribution in [2.75, 3.05) is 38.2 Å². The molecule has 1 fully saturated rings. The number of thiazole rings is 1. The average molecular weight is 442 g/mol. The number of fused-ring (bicyclic) bond motifs is 2. The highest BCUT2D eigenvalue weighted by molar-refractivity contribution is 7.99. The Morgan fingerprint density at radius 3 is 2.97 bits per heavy atom. The zero-order valence-electron chi connectivity index (χ0n) is 16.2. The van der Waals surface area contributed by atoms with Crippen LogP contribution in [0.2, 0.25) is 0 Å². The summed E-state index contributed by atoms with van der Waals surface area (Å²) in [6, 6.07) is 9.80. The summed E-state index contributed by atoms with van der Waals surface area (Å²) >= 11 is 2.96. The summed E-state index contributed by atoms with van der Waals surface area (Å²) in [7, 11) is 0. The summed E-state index contributed by atoms with van der Waals surface area (Å²) in [4.78, 5) is 20.0. The Hall–Kier alpha value is -2.60. The van der Waals surface area contributed by atoms with E-state index in [0.29, 0.717) is 35.7 Å². The van der Waals surface area contributed by atoms with Gasteiger partial charge in [0.25, 0.3) is 0 Å². The lowest BCUT2D eigenvalue weighted by molar-refractivity contribution is -0.118. The molecule has 0 spiro atoms. The number of morpholine rings is 1. The molecule has 11 heteroatoms. The summed E-state index contributed by atoms with van der Waals surface area (Å²) < 4.78 is 8.06. The van der Waals surface area contributed by atoms with E-state index in [-0.39, 0.29) is 5.91 Å². The van der Waals surface area contributed by atoms with E-state index in [1.54, 1.807) is 4.52 Å². The summed E-state index contributed by atoms with van der Waals surface area (Å²) in [5.41, 5.74) is 2.47. The Balaban J connectivity index is 1.31. The lowest BCUT2D eigenvalue weighted by Gasteiger charge is -2.25. The molecule has 3 aromatic heterocycles. The zero-order valence-corrected chi connectivity index (χ0v) is 17.9. The van der Waals surface area contributed by atoms with Crippen molar-refractivity contribution in [3.05, 3.63) is 36.0 Å². The molecule has 154 valence electrons. The van der Waals surface area contributed by atoms with Gasteiger partial charge in [-0.15, -0.1) is 10.2 Å². The highest BCUT2D eigenvalue weighted by atomic mass is 32.2. The minimum atomic E-state index is -0.0538. The number of anilines is 1. The fraction of sp³-hybridized carbons (Fsp3) is 0.316. The number of aromatic nitrogens is 5. The van der Waals surface area contributed by atoms with Gasteiger partial charge in [0.15, 0.2) is 10.8 Å². The van der Waals surface area contributed by atoms with E-state index in [9.17, 15) is 4.79 Å². The van der Waals surface area contributed by atoms with E-state index >= 15 is 0 Å². The van der Waals surface area contributed by atoms with Crippen molar-refractivity contribution in [1.29, 1.82) is 0 Å². The number of amides is 1. The van der Waals surface area contributed by atoms with Crippen LogP contribution in [-0.2, 0) is 9.53 Å². The van der Waals surface area contributed by atoms with Crippen LogP contribution in [0.25, 0.3) is 15.9 Å². The molecule has 0 atom stereocenters. The van der Waals surface area contributed by atoms with E-state index in [1.165, 1.54) is 23.1 Å². The predicted octanol–water partition coefficient (Wildman–Crippen LogP) is 2.46. The number of hydrogen-bond donors (Lipinski definition) is 1. The first-order valence-corrected chi connectivity index (χ1v) is 11.1. The topological polar surface area (TPSA) is 97.5 Å². The van der Waals surface area contributed by atoms with Gasteiger partial charge < -0.3 is 10.1 Å². The molecule has 1 aliphatic heterocycles. The first kappa shape index (κ1) is 19.4. The molecule has 1 aliphatic rings. The third kappa shape index (κ3) is 4.15. The summed E-state index contributed by atoms with van der Waals surface area (Å²) in [6.07, 6.45) is 0. The molecular weight excluding hydrogens is 422 g/mol. The number of nitrogens with one attached hydrogen (secondary N) is 1. The molecule has 0 bridgehead atoms. The molecule has 30 heavy (non-hydrogen) atoms. The third-order valence-electron chi connectivity index (χ3n) is 4.65. The highest BCUT2D eigenvalue weighted by Gasteiger charge is 2.16. The maximum atomic E-state index is 12.3. The van der Waals surface area contributed by atoms with Crippen LogP contribution in [0.15, 0.2) is 40.4 Å². The van der Waals surface area contributed by atoms with Crippen LogP contribution in [0.3, 0.4) is 0 Å². The molecule has 0 radical (unpaired) electrons. The molecule has 1 aromatic carbocycles. The predicted molar refractivity (Wildman–Crippen MR) is 115 cm³/mol. The van der Waals surface area contributed by atoms with Gasteiger partial charge in [0.1, 0.15) is 0 Å². The maximum absolute atomic E-state index is 12.3. The van der Waals surface area contributed by atoms with Crippen molar-refractivity contribution in [3.63, 3.8) is 0 Å². The van der Waals surface area contributed by atoms with Crippen LogP contribution >= 0.6 is 23.1 Å². The monoisotopic (exact) mass is 441 g/mol. The Labute approximate surface area is 180 Å². The number of aryl methyl sites for hydroxylation is 1. The molecule has 0 aliphatic carbocycles. The molecule has 1 N–H and O–H groups in total. The number of hydrogen-bond acceptors (Lipinski definition) is 9. The van der Waals surface area contributed by atoms with Gasteiger partial charge in [-0.1, -0.05) is 11.3 Å². The second-order valence-corrected chi connectivity index (χ2v) is 8.99. The highest BCUT2D eigenvalue weighted by Crippen LogP contribution is 2.32. The Bertz CT molecular complexity index is 1220. The maximum Gasteiger partial charge on any atom is 0.240 e. The van der Waals surface area contributed by atoms with E-state index in [2.05, 4.69) is 30.5 Å². The Morgan fingerprint density at radius 2 is 2.10 bits per heavy atom. The molecule has 0 unspecified atom stereocenters. The van der Waals surface area contributed by atoms with Crippen LogP contribution in [0.5, 0.6) is 0 Å². The van der Waals surface area contributed by atoms with Gasteiger partial charge in [0, 0.05) is 18.0 Å². The standard InChI is InChI=1S/C19H19N7O2S2/c1-12-2-5-16-22-23-19(26(16)24-12)29-13-3-4-14-15(10-13)30-18(20-14)21-17(27)11-25-6-8-28-9-7-25/h2-5,10H,6-9,11H2,1H3,(H,20,21,27). The fourth-order valence-corrected chi connectivity index (χ4v) is 5.00. The smallest absolute Gasteiger partial charge is 0.240 e. The van der Waals surface area contributed by atoms with Crippen molar-refractivity contribution in [3.8, 4) is 0 Å². The molecule has 5 rings (SSSR count). The van der Waals surface area contributed by atoms with Crippen LogP contribution in [0.1, 0.15) is 5.69 Å². The van der Waals surface area contributed by atoms with Crippen molar-refractivity contribution >= 4 is 50.0 Å². The molecule has 9 nitrogen and oxygen atoms in total. The molecule has 4 heterocycles. The molecule has 0 saturated carbocycles. The Kier molecular flexibility index (Phi) is 5.34. The Morgan fingerprint density at radius 1 is 1.23 bits per heavy atom. The summed E-state index contributed by atoms with van der Waals surface area (Å²) in [5.74, 6) is -0.0538. The number of carbonyl (C=O) groups excluding carboxylic acids is 1. The molecular formula is C19H19N7O2S2. The second-order valence-electron chi connectivity index (χ2n) is 6.91.